The monoisotopic (exact) mass is 372 g/mol. The van der Waals surface area contributed by atoms with Gasteiger partial charge in [0.25, 0.3) is 5.91 Å². The van der Waals surface area contributed by atoms with Crippen molar-refractivity contribution in [2.45, 2.75) is 39.3 Å². The van der Waals surface area contributed by atoms with E-state index in [9.17, 15) is 9.59 Å². The smallest absolute Gasteiger partial charge is 0.251 e. The van der Waals surface area contributed by atoms with Crippen molar-refractivity contribution in [3.8, 4) is 0 Å². The Kier molecular flexibility index (Phi) is 7.22. The Balaban J connectivity index is 2.06. The van der Waals surface area contributed by atoms with E-state index < -0.39 is 6.04 Å². The fourth-order valence-corrected chi connectivity index (χ4v) is 2.81. The fourth-order valence-electron chi connectivity index (χ4n) is 2.68. The van der Waals surface area contributed by atoms with Crippen LogP contribution in [0.5, 0.6) is 0 Å². The van der Waals surface area contributed by atoms with Gasteiger partial charge in [-0.15, -0.1) is 0 Å². The zero-order chi connectivity index (χ0) is 19.1. The summed E-state index contributed by atoms with van der Waals surface area (Å²) >= 11 is 5.86. The first-order valence-electron chi connectivity index (χ1n) is 8.78. The molecule has 0 radical (unpaired) electrons. The third-order valence-corrected chi connectivity index (χ3v) is 4.35. The summed E-state index contributed by atoms with van der Waals surface area (Å²) in [5.41, 5.74) is 1.50. The molecule has 2 N–H and O–H groups in total. The summed E-state index contributed by atoms with van der Waals surface area (Å²) in [6, 6.07) is 15.6. The van der Waals surface area contributed by atoms with Crippen molar-refractivity contribution in [3.05, 3.63) is 70.7 Å². The van der Waals surface area contributed by atoms with Crippen LogP contribution in [0.4, 0.5) is 0 Å². The van der Waals surface area contributed by atoms with Gasteiger partial charge in [0, 0.05) is 10.6 Å². The minimum atomic E-state index is -0.593. The van der Waals surface area contributed by atoms with E-state index in [0.29, 0.717) is 17.0 Å². The second-order valence-corrected chi connectivity index (χ2v) is 7.24. The van der Waals surface area contributed by atoms with E-state index in [1.165, 1.54) is 0 Å². The number of carbonyl (C=O) groups excluding carboxylic acids is 2. The number of amides is 2. The molecule has 0 saturated heterocycles. The highest BCUT2D eigenvalue weighted by Gasteiger charge is 2.24. The minimum Gasteiger partial charge on any atom is -0.348 e. The number of nitrogens with one attached hydrogen (secondary N) is 2. The third-order valence-electron chi connectivity index (χ3n) is 4.09. The number of halogens is 1. The molecule has 2 unspecified atom stereocenters. The molecule has 2 atom stereocenters. The maximum atomic E-state index is 12.7. The van der Waals surface area contributed by atoms with E-state index in [4.69, 9.17) is 11.6 Å². The molecular formula is C21H25ClN2O2. The Morgan fingerprint density at radius 2 is 1.54 bits per heavy atom. The van der Waals surface area contributed by atoms with Crippen molar-refractivity contribution in [2.75, 3.05) is 0 Å². The molecular weight excluding hydrogens is 348 g/mol. The molecule has 26 heavy (non-hydrogen) atoms. The molecule has 0 saturated carbocycles. The van der Waals surface area contributed by atoms with Gasteiger partial charge in [-0.3, -0.25) is 9.59 Å². The third kappa shape index (κ3) is 5.88. The highest BCUT2D eigenvalue weighted by Crippen LogP contribution is 2.14. The van der Waals surface area contributed by atoms with Gasteiger partial charge in [-0.2, -0.15) is 0 Å². The van der Waals surface area contributed by atoms with Crippen LogP contribution in [-0.2, 0) is 4.79 Å². The predicted molar refractivity (Wildman–Crippen MR) is 105 cm³/mol. The number of rotatable bonds is 7. The molecule has 0 aliphatic rings. The van der Waals surface area contributed by atoms with Crippen molar-refractivity contribution in [2.24, 2.45) is 5.92 Å². The quantitative estimate of drug-likeness (QED) is 0.758. The average molecular weight is 373 g/mol. The van der Waals surface area contributed by atoms with Crippen molar-refractivity contribution >= 4 is 23.4 Å². The van der Waals surface area contributed by atoms with Gasteiger partial charge in [0.05, 0.1) is 6.04 Å². The maximum Gasteiger partial charge on any atom is 0.251 e. The molecule has 5 heteroatoms. The van der Waals surface area contributed by atoms with Gasteiger partial charge in [0.1, 0.15) is 6.04 Å². The Bertz CT molecular complexity index is 729. The summed E-state index contributed by atoms with van der Waals surface area (Å²) in [6.45, 7) is 5.98. The van der Waals surface area contributed by atoms with Crippen LogP contribution in [0.1, 0.15) is 49.2 Å². The lowest BCUT2D eigenvalue weighted by atomic mass is 10.0. The minimum absolute atomic E-state index is 0.134. The van der Waals surface area contributed by atoms with Crippen molar-refractivity contribution in [1.29, 1.82) is 0 Å². The van der Waals surface area contributed by atoms with Gasteiger partial charge in [-0.1, -0.05) is 55.8 Å². The van der Waals surface area contributed by atoms with Crippen molar-refractivity contribution in [1.82, 2.24) is 10.6 Å². The molecule has 2 rings (SSSR count). The highest BCUT2D eigenvalue weighted by molar-refractivity contribution is 6.30. The molecule has 2 amide bonds. The zero-order valence-corrected chi connectivity index (χ0v) is 16.1. The fraction of sp³-hybridized carbons (Fsp3) is 0.333. The standard InChI is InChI=1S/C21H25ClN2O2/c1-14(2)13-19(24-20(25)17-9-11-18(22)12-10-17)21(26)23-15(3)16-7-5-4-6-8-16/h4-12,14-15,19H,13H2,1-3H3,(H,23,26)(H,24,25). The molecule has 0 spiro atoms. The first-order chi connectivity index (χ1) is 12.4. The van der Waals surface area contributed by atoms with E-state index in [2.05, 4.69) is 10.6 Å². The first kappa shape index (κ1) is 20.0. The Labute approximate surface area is 159 Å². The van der Waals surface area contributed by atoms with Crippen LogP contribution in [-0.4, -0.2) is 17.9 Å². The van der Waals surface area contributed by atoms with E-state index in [1.54, 1.807) is 24.3 Å². The van der Waals surface area contributed by atoms with Gasteiger partial charge in [0.15, 0.2) is 0 Å². The van der Waals surface area contributed by atoms with Crippen molar-refractivity contribution in [3.63, 3.8) is 0 Å². The molecule has 0 aliphatic carbocycles. The number of benzene rings is 2. The topological polar surface area (TPSA) is 58.2 Å². The molecule has 2 aromatic rings. The van der Waals surface area contributed by atoms with E-state index in [0.717, 1.165) is 5.56 Å². The normalized spacial score (nSPS) is 13.1. The van der Waals surface area contributed by atoms with E-state index >= 15 is 0 Å². The van der Waals surface area contributed by atoms with Gasteiger partial charge in [-0.25, -0.2) is 0 Å². The molecule has 0 fully saturated rings. The summed E-state index contributed by atoms with van der Waals surface area (Å²) in [7, 11) is 0. The number of hydrogen-bond acceptors (Lipinski definition) is 2. The molecule has 0 aliphatic heterocycles. The number of hydrogen-bond donors (Lipinski definition) is 2. The Morgan fingerprint density at radius 3 is 2.12 bits per heavy atom. The summed E-state index contributed by atoms with van der Waals surface area (Å²) in [5.74, 6) is -0.199. The lowest BCUT2D eigenvalue weighted by Gasteiger charge is -2.23. The zero-order valence-electron chi connectivity index (χ0n) is 15.3. The van der Waals surface area contributed by atoms with Crippen molar-refractivity contribution < 1.29 is 9.59 Å². The Hall–Kier alpha value is -2.33. The molecule has 0 aromatic heterocycles. The second-order valence-electron chi connectivity index (χ2n) is 6.80. The van der Waals surface area contributed by atoms with Gasteiger partial charge in [-0.05, 0) is 49.1 Å². The van der Waals surface area contributed by atoms with Crippen LogP contribution in [0.3, 0.4) is 0 Å². The van der Waals surface area contributed by atoms with Gasteiger partial charge < -0.3 is 10.6 Å². The van der Waals surface area contributed by atoms with Crippen LogP contribution in [0, 0.1) is 5.92 Å². The van der Waals surface area contributed by atoms with Crippen LogP contribution < -0.4 is 10.6 Å². The number of carbonyl (C=O) groups is 2. The summed E-state index contributed by atoms with van der Waals surface area (Å²) in [4.78, 5) is 25.2. The largest absolute Gasteiger partial charge is 0.348 e. The van der Waals surface area contributed by atoms with E-state index in [1.807, 2.05) is 51.1 Å². The predicted octanol–water partition coefficient (Wildman–Crippen LogP) is 4.36. The van der Waals surface area contributed by atoms with Crippen LogP contribution in [0.25, 0.3) is 0 Å². The molecule has 0 heterocycles. The lowest BCUT2D eigenvalue weighted by molar-refractivity contribution is -0.124. The van der Waals surface area contributed by atoms with E-state index in [-0.39, 0.29) is 23.8 Å². The van der Waals surface area contributed by atoms with Crippen LogP contribution >= 0.6 is 11.6 Å². The van der Waals surface area contributed by atoms with Crippen LogP contribution in [0.15, 0.2) is 54.6 Å². The van der Waals surface area contributed by atoms with Gasteiger partial charge >= 0.3 is 0 Å². The van der Waals surface area contributed by atoms with Crippen LogP contribution in [0.2, 0.25) is 5.02 Å². The highest BCUT2D eigenvalue weighted by atomic mass is 35.5. The van der Waals surface area contributed by atoms with Gasteiger partial charge in [0.2, 0.25) is 5.91 Å². The molecule has 0 bridgehead atoms. The first-order valence-corrected chi connectivity index (χ1v) is 9.16. The summed E-state index contributed by atoms with van der Waals surface area (Å²) < 4.78 is 0. The average Bonchev–Trinajstić information content (AvgIpc) is 2.62. The lowest BCUT2D eigenvalue weighted by Crippen LogP contribution is -2.48. The molecule has 138 valence electrons. The Morgan fingerprint density at radius 1 is 0.923 bits per heavy atom. The maximum absolute atomic E-state index is 12.7. The molecule has 2 aromatic carbocycles. The summed E-state index contributed by atoms with van der Waals surface area (Å²) in [5, 5.41) is 6.40. The SMILES string of the molecule is CC(C)CC(NC(=O)c1ccc(Cl)cc1)C(=O)NC(C)c1ccccc1. The summed E-state index contributed by atoms with van der Waals surface area (Å²) in [6.07, 6.45) is 0.562. The molecule has 4 nitrogen and oxygen atoms in total. The second kappa shape index (κ2) is 9.39.